The van der Waals surface area contributed by atoms with Crippen molar-refractivity contribution in [3.63, 3.8) is 0 Å². The second kappa shape index (κ2) is 5.56. The van der Waals surface area contributed by atoms with E-state index < -0.39 is 0 Å². The van der Waals surface area contributed by atoms with E-state index in [2.05, 4.69) is 5.32 Å². The Morgan fingerprint density at radius 2 is 2.40 bits per heavy atom. The number of nitrogens with one attached hydrogen (secondary N) is 1. The maximum Gasteiger partial charge on any atom is 0.230 e. The van der Waals surface area contributed by atoms with Crippen LogP contribution in [0.15, 0.2) is 0 Å². The van der Waals surface area contributed by atoms with E-state index in [1.54, 1.807) is 0 Å². The van der Waals surface area contributed by atoms with Crippen LogP contribution in [0.4, 0.5) is 0 Å². The minimum absolute atomic E-state index is 0.0606. The van der Waals surface area contributed by atoms with Gasteiger partial charge in [-0.15, -0.1) is 0 Å². The highest BCUT2D eigenvalue weighted by Gasteiger charge is 2.02. The van der Waals surface area contributed by atoms with E-state index >= 15 is 0 Å². The third kappa shape index (κ3) is 4.64. The molecule has 3 nitrogen and oxygen atoms in total. The lowest BCUT2D eigenvalue weighted by Gasteiger charge is -2.09. The van der Waals surface area contributed by atoms with Crippen LogP contribution >= 0.6 is 11.8 Å². The molecule has 1 atom stereocenters. The van der Waals surface area contributed by atoms with Crippen molar-refractivity contribution in [2.45, 2.75) is 13.0 Å². The Hall–Kier alpha value is -0.220. The van der Waals surface area contributed by atoms with Crippen molar-refractivity contribution in [1.82, 2.24) is 5.32 Å². The van der Waals surface area contributed by atoms with E-state index in [0.29, 0.717) is 12.3 Å². The summed E-state index contributed by atoms with van der Waals surface area (Å²) in [5.74, 6) is 0.579. The van der Waals surface area contributed by atoms with Crippen molar-refractivity contribution in [3.8, 4) is 0 Å². The van der Waals surface area contributed by atoms with Crippen LogP contribution < -0.4 is 11.1 Å². The average molecular weight is 162 g/mol. The quantitative estimate of drug-likeness (QED) is 0.602. The van der Waals surface area contributed by atoms with Gasteiger partial charge in [0.25, 0.3) is 0 Å². The highest BCUT2D eigenvalue weighted by atomic mass is 32.2. The zero-order chi connectivity index (χ0) is 7.98. The van der Waals surface area contributed by atoms with Crippen molar-refractivity contribution < 1.29 is 4.79 Å². The zero-order valence-electron chi connectivity index (χ0n) is 6.39. The van der Waals surface area contributed by atoms with Crippen LogP contribution in [0.3, 0.4) is 0 Å². The molecule has 0 unspecified atom stereocenters. The summed E-state index contributed by atoms with van der Waals surface area (Å²) in [6, 6.07) is 0.0969. The molecule has 4 heteroatoms. The van der Waals surface area contributed by atoms with E-state index in [-0.39, 0.29) is 11.9 Å². The van der Waals surface area contributed by atoms with E-state index in [1.165, 1.54) is 11.8 Å². The second-order valence-corrected chi connectivity index (χ2v) is 3.00. The van der Waals surface area contributed by atoms with Gasteiger partial charge < -0.3 is 11.1 Å². The van der Waals surface area contributed by atoms with Crippen LogP contribution in [-0.2, 0) is 4.79 Å². The first-order valence-electron chi connectivity index (χ1n) is 3.19. The number of rotatable bonds is 4. The molecular weight excluding hydrogens is 148 g/mol. The number of hydrogen-bond acceptors (Lipinski definition) is 3. The minimum Gasteiger partial charge on any atom is -0.352 e. The first-order chi connectivity index (χ1) is 4.70. The monoisotopic (exact) mass is 162 g/mol. The SMILES string of the molecule is CSCC(=O)N[C@H](C)CN. The zero-order valence-corrected chi connectivity index (χ0v) is 7.20. The van der Waals surface area contributed by atoms with Gasteiger partial charge in [-0.25, -0.2) is 0 Å². The molecule has 0 aromatic rings. The van der Waals surface area contributed by atoms with Crippen LogP contribution in [0.2, 0.25) is 0 Å². The van der Waals surface area contributed by atoms with Gasteiger partial charge in [-0.05, 0) is 13.2 Å². The molecule has 0 aliphatic heterocycles. The van der Waals surface area contributed by atoms with Gasteiger partial charge in [-0.1, -0.05) is 0 Å². The van der Waals surface area contributed by atoms with Gasteiger partial charge in [0.15, 0.2) is 0 Å². The van der Waals surface area contributed by atoms with Gasteiger partial charge in [-0.2, -0.15) is 11.8 Å². The van der Waals surface area contributed by atoms with Gasteiger partial charge in [-0.3, -0.25) is 4.79 Å². The van der Waals surface area contributed by atoms with Crippen LogP contribution in [0.1, 0.15) is 6.92 Å². The maximum atomic E-state index is 10.8. The molecule has 0 aliphatic carbocycles. The lowest BCUT2D eigenvalue weighted by atomic mass is 10.3. The topological polar surface area (TPSA) is 55.1 Å². The Morgan fingerprint density at radius 1 is 1.80 bits per heavy atom. The number of carbonyl (C=O) groups is 1. The molecule has 0 spiro atoms. The summed E-state index contributed by atoms with van der Waals surface area (Å²) in [5, 5.41) is 2.75. The molecule has 0 rings (SSSR count). The fraction of sp³-hybridized carbons (Fsp3) is 0.833. The van der Waals surface area contributed by atoms with E-state index in [9.17, 15) is 4.79 Å². The summed E-state index contributed by atoms with van der Waals surface area (Å²) >= 11 is 1.51. The molecule has 0 heterocycles. The molecule has 0 saturated carbocycles. The second-order valence-electron chi connectivity index (χ2n) is 2.14. The fourth-order valence-electron chi connectivity index (χ4n) is 0.507. The van der Waals surface area contributed by atoms with E-state index in [0.717, 1.165) is 0 Å². The standard InChI is InChI=1S/C6H14N2OS/c1-5(3-7)8-6(9)4-10-2/h5H,3-4,7H2,1-2H3,(H,8,9)/t5-/m1/s1. The Bertz CT molecular complexity index is 108. The molecule has 10 heavy (non-hydrogen) atoms. The molecule has 0 aromatic heterocycles. The van der Waals surface area contributed by atoms with Crippen molar-refractivity contribution in [1.29, 1.82) is 0 Å². The maximum absolute atomic E-state index is 10.8. The van der Waals surface area contributed by atoms with E-state index in [1.807, 2.05) is 13.2 Å². The summed E-state index contributed by atoms with van der Waals surface area (Å²) < 4.78 is 0. The number of nitrogens with two attached hydrogens (primary N) is 1. The number of amides is 1. The summed E-state index contributed by atoms with van der Waals surface area (Å²) in [6.45, 7) is 2.39. The molecule has 60 valence electrons. The van der Waals surface area contributed by atoms with Crippen LogP contribution in [-0.4, -0.2) is 30.5 Å². The van der Waals surface area contributed by atoms with Crippen LogP contribution in [0, 0.1) is 0 Å². The highest BCUT2D eigenvalue weighted by molar-refractivity contribution is 7.99. The minimum atomic E-state index is 0.0606. The first-order valence-corrected chi connectivity index (χ1v) is 4.58. The van der Waals surface area contributed by atoms with E-state index in [4.69, 9.17) is 5.73 Å². The summed E-state index contributed by atoms with van der Waals surface area (Å²) in [4.78, 5) is 10.8. The predicted octanol–water partition coefficient (Wildman–Crippen LogP) is -0.187. The summed E-state index contributed by atoms with van der Waals surface area (Å²) in [5.41, 5.74) is 5.29. The highest BCUT2D eigenvalue weighted by Crippen LogP contribution is 1.89. The van der Waals surface area contributed by atoms with Crippen molar-refractivity contribution >= 4 is 17.7 Å². The largest absolute Gasteiger partial charge is 0.352 e. The smallest absolute Gasteiger partial charge is 0.230 e. The van der Waals surface area contributed by atoms with Gasteiger partial charge >= 0.3 is 0 Å². The lowest BCUT2D eigenvalue weighted by Crippen LogP contribution is -2.38. The Balaban J connectivity index is 3.37. The molecule has 0 aromatic carbocycles. The third-order valence-corrected chi connectivity index (χ3v) is 1.59. The van der Waals surface area contributed by atoms with Crippen molar-refractivity contribution in [2.75, 3.05) is 18.6 Å². The molecular formula is C6H14N2OS. The first kappa shape index (κ1) is 9.78. The summed E-state index contributed by atoms with van der Waals surface area (Å²) in [6.07, 6.45) is 1.90. The molecule has 0 radical (unpaired) electrons. The summed E-state index contributed by atoms with van der Waals surface area (Å²) in [7, 11) is 0. The Labute approximate surface area is 65.7 Å². The molecule has 0 bridgehead atoms. The van der Waals surface area contributed by atoms with Gasteiger partial charge in [0, 0.05) is 12.6 Å². The molecule has 0 aliphatic rings. The lowest BCUT2D eigenvalue weighted by molar-refractivity contribution is -0.119. The Morgan fingerprint density at radius 3 is 2.80 bits per heavy atom. The van der Waals surface area contributed by atoms with Crippen LogP contribution in [0.5, 0.6) is 0 Å². The van der Waals surface area contributed by atoms with Crippen LogP contribution in [0.25, 0.3) is 0 Å². The molecule has 1 amide bonds. The predicted molar refractivity (Wildman–Crippen MR) is 45.0 cm³/mol. The Kier molecular flexibility index (Phi) is 5.43. The van der Waals surface area contributed by atoms with Gasteiger partial charge in [0.2, 0.25) is 5.91 Å². The third-order valence-electron chi connectivity index (χ3n) is 1.04. The molecule has 0 fully saturated rings. The van der Waals surface area contributed by atoms with Gasteiger partial charge in [0.05, 0.1) is 5.75 Å². The van der Waals surface area contributed by atoms with Crippen molar-refractivity contribution in [2.24, 2.45) is 5.73 Å². The molecule has 0 saturated heterocycles. The average Bonchev–Trinajstić information content (AvgIpc) is 1.88. The van der Waals surface area contributed by atoms with Gasteiger partial charge in [0.1, 0.15) is 0 Å². The number of thioether (sulfide) groups is 1. The fourth-order valence-corrected chi connectivity index (χ4v) is 0.852. The number of carbonyl (C=O) groups excluding carboxylic acids is 1. The van der Waals surface area contributed by atoms with Crippen molar-refractivity contribution in [3.05, 3.63) is 0 Å². The number of hydrogen-bond donors (Lipinski definition) is 2. The normalized spacial score (nSPS) is 12.7. The molecule has 3 N–H and O–H groups in total.